The molecule has 2 aromatic carbocycles. The standard InChI is InChI=1S/C22H21ClFN3O/c1-15-13-17(16-5-2-3-8-21(16)25-15)22(28)27-11-9-26(10-12-27)14-18-19(23)6-4-7-20(18)24/h2-8,13H,9-12,14H2,1H3. The van der Waals surface area contributed by atoms with E-state index in [9.17, 15) is 9.18 Å². The SMILES string of the molecule is Cc1cc(C(=O)N2CCN(Cc3c(F)cccc3Cl)CC2)c2ccccc2n1. The van der Waals surface area contributed by atoms with Crippen LogP contribution in [-0.4, -0.2) is 46.9 Å². The summed E-state index contributed by atoms with van der Waals surface area (Å²) in [5.74, 6) is -0.269. The molecule has 1 fully saturated rings. The highest BCUT2D eigenvalue weighted by molar-refractivity contribution is 6.31. The molecule has 2 heterocycles. The molecule has 0 N–H and O–H groups in total. The molecular weight excluding hydrogens is 377 g/mol. The molecule has 1 aliphatic rings. The lowest BCUT2D eigenvalue weighted by atomic mass is 10.1. The molecule has 1 amide bonds. The molecule has 4 nitrogen and oxygen atoms in total. The third-order valence-electron chi connectivity index (χ3n) is 5.18. The Morgan fingerprint density at radius 1 is 1.11 bits per heavy atom. The van der Waals surface area contributed by atoms with Crippen LogP contribution in [0, 0.1) is 12.7 Å². The fourth-order valence-corrected chi connectivity index (χ4v) is 3.89. The maximum absolute atomic E-state index is 14.0. The van der Waals surface area contributed by atoms with Gasteiger partial charge in [-0.25, -0.2) is 4.39 Å². The number of nitrogens with zero attached hydrogens (tertiary/aromatic N) is 3. The Balaban J connectivity index is 1.48. The van der Waals surface area contributed by atoms with E-state index in [1.165, 1.54) is 6.07 Å². The quantitative estimate of drug-likeness (QED) is 0.661. The summed E-state index contributed by atoms with van der Waals surface area (Å²) in [6.45, 7) is 4.90. The number of carbonyl (C=O) groups is 1. The van der Waals surface area contributed by atoms with Gasteiger partial charge in [0, 0.05) is 54.4 Å². The van der Waals surface area contributed by atoms with E-state index in [1.807, 2.05) is 42.2 Å². The average Bonchev–Trinajstić information content (AvgIpc) is 2.70. The van der Waals surface area contributed by atoms with Gasteiger partial charge in [-0.3, -0.25) is 14.7 Å². The van der Waals surface area contributed by atoms with E-state index in [2.05, 4.69) is 9.88 Å². The molecule has 1 aromatic heterocycles. The van der Waals surface area contributed by atoms with Crippen molar-refractivity contribution >= 4 is 28.4 Å². The van der Waals surface area contributed by atoms with Gasteiger partial charge in [0.1, 0.15) is 5.82 Å². The fourth-order valence-electron chi connectivity index (χ4n) is 3.67. The van der Waals surface area contributed by atoms with E-state index in [-0.39, 0.29) is 11.7 Å². The molecule has 1 saturated heterocycles. The number of hydrogen-bond donors (Lipinski definition) is 0. The number of aryl methyl sites for hydroxylation is 1. The largest absolute Gasteiger partial charge is 0.336 e. The van der Waals surface area contributed by atoms with Crippen molar-refractivity contribution in [2.45, 2.75) is 13.5 Å². The Hall–Kier alpha value is -2.50. The molecule has 0 atom stereocenters. The number of piperazine rings is 1. The molecule has 0 radical (unpaired) electrons. The first-order valence-corrected chi connectivity index (χ1v) is 9.71. The van der Waals surface area contributed by atoms with Crippen LogP contribution in [0.3, 0.4) is 0 Å². The number of amides is 1. The van der Waals surface area contributed by atoms with Crippen LogP contribution in [0.2, 0.25) is 5.02 Å². The monoisotopic (exact) mass is 397 g/mol. The predicted molar refractivity (Wildman–Crippen MR) is 109 cm³/mol. The molecule has 144 valence electrons. The number of aromatic nitrogens is 1. The first-order chi connectivity index (χ1) is 13.5. The summed E-state index contributed by atoms with van der Waals surface area (Å²) in [7, 11) is 0. The molecule has 0 spiro atoms. The van der Waals surface area contributed by atoms with Crippen LogP contribution in [0.5, 0.6) is 0 Å². The van der Waals surface area contributed by atoms with Crippen LogP contribution in [0.1, 0.15) is 21.6 Å². The summed E-state index contributed by atoms with van der Waals surface area (Å²) in [5.41, 5.74) is 2.86. The lowest BCUT2D eigenvalue weighted by molar-refractivity contribution is 0.0629. The van der Waals surface area contributed by atoms with Crippen LogP contribution in [0.4, 0.5) is 4.39 Å². The van der Waals surface area contributed by atoms with Crippen LogP contribution in [-0.2, 0) is 6.54 Å². The van der Waals surface area contributed by atoms with Gasteiger partial charge >= 0.3 is 0 Å². The zero-order valence-electron chi connectivity index (χ0n) is 15.7. The Bertz CT molecular complexity index is 1010. The highest BCUT2D eigenvalue weighted by Gasteiger charge is 2.24. The molecule has 0 saturated carbocycles. The summed E-state index contributed by atoms with van der Waals surface area (Å²) >= 11 is 6.14. The van der Waals surface area contributed by atoms with E-state index < -0.39 is 0 Å². The highest BCUT2D eigenvalue weighted by atomic mass is 35.5. The lowest BCUT2D eigenvalue weighted by Crippen LogP contribution is -2.48. The Morgan fingerprint density at radius 2 is 1.86 bits per heavy atom. The fraction of sp³-hybridized carbons (Fsp3) is 0.273. The zero-order chi connectivity index (χ0) is 19.7. The van der Waals surface area contributed by atoms with Gasteiger partial charge in [-0.2, -0.15) is 0 Å². The van der Waals surface area contributed by atoms with Crippen molar-refractivity contribution in [2.24, 2.45) is 0 Å². The van der Waals surface area contributed by atoms with Gasteiger partial charge in [0.05, 0.1) is 11.1 Å². The maximum atomic E-state index is 14.0. The summed E-state index contributed by atoms with van der Waals surface area (Å²) in [5, 5.41) is 1.32. The number of para-hydroxylation sites is 1. The van der Waals surface area contributed by atoms with Gasteiger partial charge < -0.3 is 4.90 Å². The third-order valence-corrected chi connectivity index (χ3v) is 5.53. The second kappa shape index (κ2) is 7.86. The Kier molecular flexibility index (Phi) is 5.29. The van der Waals surface area contributed by atoms with Gasteiger partial charge in [-0.1, -0.05) is 35.9 Å². The van der Waals surface area contributed by atoms with Crippen molar-refractivity contribution in [3.8, 4) is 0 Å². The molecule has 3 aromatic rings. The van der Waals surface area contributed by atoms with Crippen LogP contribution >= 0.6 is 11.6 Å². The first-order valence-electron chi connectivity index (χ1n) is 9.34. The second-order valence-corrected chi connectivity index (χ2v) is 7.50. The molecule has 1 aliphatic heterocycles. The maximum Gasteiger partial charge on any atom is 0.254 e. The Labute approximate surface area is 168 Å². The predicted octanol–water partition coefficient (Wildman–Crippen LogP) is 4.29. The summed E-state index contributed by atoms with van der Waals surface area (Å²) in [4.78, 5) is 21.6. The van der Waals surface area contributed by atoms with Crippen molar-refractivity contribution in [3.05, 3.63) is 76.2 Å². The highest BCUT2D eigenvalue weighted by Crippen LogP contribution is 2.23. The lowest BCUT2D eigenvalue weighted by Gasteiger charge is -2.35. The van der Waals surface area contributed by atoms with E-state index in [4.69, 9.17) is 11.6 Å². The van der Waals surface area contributed by atoms with Gasteiger partial charge in [-0.05, 0) is 31.2 Å². The van der Waals surface area contributed by atoms with Crippen LogP contribution < -0.4 is 0 Å². The van der Waals surface area contributed by atoms with Gasteiger partial charge in [0.2, 0.25) is 0 Å². The van der Waals surface area contributed by atoms with Crippen molar-refractivity contribution in [3.63, 3.8) is 0 Å². The smallest absolute Gasteiger partial charge is 0.254 e. The average molecular weight is 398 g/mol. The molecule has 0 unspecified atom stereocenters. The third kappa shape index (κ3) is 3.73. The first kappa shape index (κ1) is 18.8. The van der Waals surface area contributed by atoms with Crippen LogP contribution in [0.25, 0.3) is 10.9 Å². The van der Waals surface area contributed by atoms with Gasteiger partial charge in [-0.15, -0.1) is 0 Å². The Morgan fingerprint density at radius 3 is 2.61 bits per heavy atom. The minimum atomic E-state index is -0.287. The number of rotatable bonds is 3. The van der Waals surface area contributed by atoms with Crippen molar-refractivity contribution in [1.82, 2.24) is 14.8 Å². The van der Waals surface area contributed by atoms with Crippen molar-refractivity contribution in [2.75, 3.05) is 26.2 Å². The molecule has 28 heavy (non-hydrogen) atoms. The number of hydrogen-bond acceptors (Lipinski definition) is 3. The van der Waals surface area contributed by atoms with Gasteiger partial charge in [0.25, 0.3) is 5.91 Å². The second-order valence-electron chi connectivity index (χ2n) is 7.10. The summed E-state index contributed by atoms with van der Waals surface area (Å²) in [6, 6.07) is 14.3. The molecule has 4 rings (SSSR count). The number of carbonyl (C=O) groups excluding carboxylic acids is 1. The van der Waals surface area contributed by atoms with Crippen LogP contribution in [0.15, 0.2) is 48.5 Å². The minimum absolute atomic E-state index is 0.0188. The minimum Gasteiger partial charge on any atom is -0.336 e. The van der Waals surface area contributed by atoms with E-state index in [0.29, 0.717) is 48.9 Å². The number of benzene rings is 2. The summed E-state index contributed by atoms with van der Waals surface area (Å²) < 4.78 is 14.0. The summed E-state index contributed by atoms with van der Waals surface area (Å²) in [6.07, 6.45) is 0. The van der Waals surface area contributed by atoms with Crippen molar-refractivity contribution in [1.29, 1.82) is 0 Å². The molecule has 0 aliphatic carbocycles. The molecule has 0 bridgehead atoms. The molecule has 6 heteroatoms. The number of halogens is 2. The van der Waals surface area contributed by atoms with Gasteiger partial charge in [0.15, 0.2) is 0 Å². The normalized spacial score (nSPS) is 15.2. The number of pyridine rings is 1. The zero-order valence-corrected chi connectivity index (χ0v) is 16.4. The topological polar surface area (TPSA) is 36.4 Å². The van der Waals surface area contributed by atoms with Crippen molar-refractivity contribution < 1.29 is 9.18 Å². The number of fused-ring (bicyclic) bond motifs is 1. The molecular formula is C22H21ClFN3O. The van der Waals surface area contributed by atoms with E-state index in [1.54, 1.807) is 12.1 Å². The van der Waals surface area contributed by atoms with E-state index in [0.717, 1.165) is 16.6 Å². The van der Waals surface area contributed by atoms with E-state index >= 15 is 0 Å².